The van der Waals surface area contributed by atoms with Crippen molar-refractivity contribution in [1.82, 2.24) is 25.4 Å². The lowest BCUT2D eigenvalue weighted by Gasteiger charge is -2.13. The molecule has 0 fully saturated rings. The Morgan fingerprint density at radius 3 is 2.82 bits per heavy atom. The third-order valence-corrected chi connectivity index (χ3v) is 4.03. The third kappa shape index (κ3) is 6.32. The van der Waals surface area contributed by atoms with Crippen molar-refractivity contribution in [2.45, 2.75) is 33.0 Å². The predicted octanol–water partition coefficient (Wildman–Crippen LogP) is 3.13. The highest BCUT2D eigenvalue weighted by molar-refractivity contribution is 14.0. The van der Waals surface area contributed by atoms with Gasteiger partial charge in [0.15, 0.2) is 5.96 Å². The van der Waals surface area contributed by atoms with Crippen LogP contribution >= 0.6 is 24.0 Å². The molecule has 0 amide bonds. The number of halogens is 2. The molecule has 0 aliphatic rings. The normalized spacial score (nSPS) is 11.1. The molecule has 9 heteroatoms. The molecule has 2 heterocycles. The van der Waals surface area contributed by atoms with Crippen LogP contribution in [0.3, 0.4) is 0 Å². The van der Waals surface area contributed by atoms with E-state index >= 15 is 0 Å². The molecule has 0 saturated carbocycles. The van der Waals surface area contributed by atoms with E-state index in [1.54, 1.807) is 30.8 Å². The van der Waals surface area contributed by atoms with Gasteiger partial charge in [-0.25, -0.2) is 9.38 Å². The molecule has 3 rings (SSSR count). The summed E-state index contributed by atoms with van der Waals surface area (Å²) in [6.45, 7) is 4.11. The van der Waals surface area contributed by atoms with E-state index in [-0.39, 0.29) is 36.3 Å². The topological polar surface area (TPSA) is 80.3 Å². The van der Waals surface area contributed by atoms with Gasteiger partial charge in [-0.1, -0.05) is 25.1 Å². The molecule has 0 bridgehead atoms. The molecule has 2 N–H and O–H groups in total. The molecule has 0 unspecified atom stereocenters. The summed E-state index contributed by atoms with van der Waals surface area (Å²) in [5, 5.41) is 14.5. The first-order valence-electron chi connectivity index (χ1n) is 8.91. The Labute approximate surface area is 180 Å². The van der Waals surface area contributed by atoms with E-state index in [9.17, 15) is 4.39 Å². The Bertz CT molecular complexity index is 865. The highest BCUT2D eigenvalue weighted by Gasteiger charge is 2.05. The van der Waals surface area contributed by atoms with Gasteiger partial charge in [-0.2, -0.15) is 0 Å². The molecule has 0 atom stereocenters. The number of aromatic nitrogens is 3. The summed E-state index contributed by atoms with van der Waals surface area (Å²) in [5.74, 6) is 2.05. The second-order valence-corrected chi connectivity index (χ2v) is 5.91. The molecule has 0 aliphatic heterocycles. The van der Waals surface area contributed by atoms with Crippen LogP contribution in [0.4, 0.5) is 4.39 Å². The molecule has 0 aliphatic carbocycles. The van der Waals surface area contributed by atoms with Crippen LogP contribution in [0.1, 0.15) is 24.1 Å². The number of nitrogens with one attached hydrogen (secondary N) is 2. The number of benzene rings is 1. The molecular formula is C19H24FIN6O. The van der Waals surface area contributed by atoms with Gasteiger partial charge < -0.3 is 19.6 Å². The van der Waals surface area contributed by atoms with Crippen LogP contribution in [0.2, 0.25) is 0 Å². The van der Waals surface area contributed by atoms with Crippen LogP contribution in [0, 0.1) is 5.82 Å². The number of furan rings is 1. The van der Waals surface area contributed by atoms with Crippen LogP contribution in [0.15, 0.2) is 58.4 Å². The Morgan fingerprint density at radius 2 is 2.07 bits per heavy atom. The number of aliphatic imine (C=N–C) groups is 1. The van der Waals surface area contributed by atoms with Gasteiger partial charge in [-0.3, -0.25) is 0 Å². The minimum Gasteiger partial charge on any atom is -0.467 e. The molecule has 1 aromatic carbocycles. The largest absolute Gasteiger partial charge is 0.467 e. The molecule has 0 spiro atoms. The molecule has 7 nitrogen and oxygen atoms in total. The second-order valence-electron chi connectivity index (χ2n) is 5.91. The Balaban J connectivity index is 0.00000280. The molecule has 0 radical (unpaired) electrons. The Hall–Kier alpha value is -2.43. The molecule has 28 heavy (non-hydrogen) atoms. The number of aryl methyl sites for hydroxylation is 1. The van der Waals surface area contributed by atoms with Crippen molar-refractivity contribution in [2.75, 3.05) is 6.54 Å². The highest BCUT2D eigenvalue weighted by Crippen LogP contribution is 2.07. The predicted molar refractivity (Wildman–Crippen MR) is 116 cm³/mol. The summed E-state index contributed by atoms with van der Waals surface area (Å²) in [6, 6.07) is 10.3. The first-order valence-corrected chi connectivity index (χ1v) is 8.91. The van der Waals surface area contributed by atoms with E-state index in [2.05, 4.69) is 25.8 Å². The van der Waals surface area contributed by atoms with Crippen LogP contribution < -0.4 is 10.6 Å². The van der Waals surface area contributed by atoms with Crippen LogP contribution in [0.5, 0.6) is 0 Å². The summed E-state index contributed by atoms with van der Waals surface area (Å²) < 4.78 is 21.2. The number of nitrogens with zero attached hydrogens (tertiary/aromatic N) is 4. The lowest BCUT2D eigenvalue weighted by molar-refractivity contribution is 0.500. The van der Waals surface area contributed by atoms with Gasteiger partial charge in [0.25, 0.3) is 0 Å². The van der Waals surface area contributed by atoms with Crippen molar-refractivity contribution in [2.24, 2.45) is 4.99 Å². The maximum Gasteiger partial charge on any atom is 0.192 e. The van der Waals surface area contributed by atoms with Gasteiger partial charge in [0.05, 0.1) is 19.4 Å². The summed E-state index contributed by atoms with van der Waals surface area (Å²) in [4.78, 5) is 4.49. The average Bonchev–Trinajstić information content (AvgIpc) is 3.36. The number of guanidine groups is 1. The Morgan fingerprint density at radius 1 is 1.21 bits per heavy atom. The van der Waals surface area contributed by atoms with E-state index < -0.39 is 0 Å². The fraction of sp³-hybridized carbons (Fsp3) is 0.316. The smallest absolute Gasteiger partial charge is 0.192 e. The summed E-state index contributed by atoms with van der Waals surface area (Å²) in [6.07, 6.45) is 4.16. The molecule has 3 aromatic rings. The molecule has 2 aromatic heterocycles. The van der Waals surface area contributed by atoms with Crippen molar-refractivity contribution in [3.63, 3.8) is 0 Å². The van der Waals surface area contributed by atoms with Crippen molar-refractivity contribution < 1.29 is 8.81 Å². The van der Waals surface area contributed by atoms with E-state index in [1.165, 1.54) is 6.07 Å². The number of hydrogen-bond acceptors (Lipinski definition) is 4. The minimum atomic E-state index is -0.260. The highest BCUT2D eigenvalue weighted by atomic mass is 127. The molecular weight excluding hydrogens is 474 g/mol. The van der Waals surface area contributed by atoms with Gasteiger partial charge >= 0.3 is 0 Å². The van der Waals surface area contributed by atoms with Gasteiger partial charge in [0.1, 0.15) is 23.7 Å². The first kappa shape index (κ1) is 21.9. The van der Waals surface area contributed by atoms with Gasteiger partial charge in [-0.15, -0.1) is 34.2 Å². The zero-order chi connectivity index (χ0) is 18.9. The first-order chi connectivity index (χ1) is 13.3. The van der Waals surface area contributed by atoms with E-state index in [0.717, 1.165) is 18.0 Å². The van der Waals surface area contributed by atoms with Crippen molar-refractivity contribution in [3.8, 4) is 0 Å². The van der Waals surface area contributed by atoms with E-state index in [1.807, 2.05) is 23.6 Å². The number of rotatable bonds is 8. The van der Waals surface area contributed by atoms with Crippen LogP contribution in [-0.2, 0) is 26.1 Å². The fourth-order valence-electron chi connectivity index (χ4n) is 2.58. The SMILES string of the molecule is CCc1nncn1CCNC(=NCc1ccccc1F)NCc1ccco1.I. The Kier molecular flexibility index (Phi) is 8.92. The molecule has 0 saturated heterocycles. The average molecular weight is 498 g/mol. The molecule has 150 valence electrons. The standard InChI is InChI=1S/C19H23FN6O.HI/c1-2-18-25-24-14-26(18)10-9-21-19(23-13-16-7-5-11-27-16)22-12-15-6-3-4-8-17(15)20;/h3-8,11,14H,2,9-10,12-13H2,1H3,(H2,21,22,23);1H. The second kappa shape index (κ2) is 11.4. The minimum absolute atomic E-state index is 0. The lowest BCUT2D eigenvalue weighted by Crippen LogP contribution is -2.38. The summed E-state index contributed by atoms with van der Waals surface area (Å²) in [5.41, 5.74) is 0.545. The zero-order valence-corrected chi connectivity index (χ0v) is 18.0. The summed E-state index contributed by atoms with van der Waals surface area (Å²) in [7, 11) is 0. The third-order valence-electron chi connectivity index (χ3n) is 4.03. The lowest BCUT2D eigenvalue weighted by atomic mass is 10.2. The van der Waals surface area contributed by atoms with Crippen molar-refractivity contribution in [3.05, 3.63) is 72.0 Å². The summed E-state index contributed by atoms with van der Waals surface area (Å²) >= 11 is 0. The maximum absolute atomic E-state index is 13.8. The fourth-order valence-corrected chi connectivity index (χ4v) is 2.58. The van der Waals surface area contributed by atoms with Gasteiger partial charge in [-0.05, 0) is 18.2 Å². The van der Waals surface area contributed by atoms with Gasteiger partial charge in [0, 0.05) is 25.1 Å². The quantitative estimate of drug-likeness (QED) is 0.284. The van der Waals surface area contributed by atoms with E-state index in [0.29, 0.717) is 31.2 Å². The number of hydrogen-bond donors (Lipinski definition) is 2. The maximum atomic E-state index is 13.8. The monoisotopic (exact) mass is 498 g/mol. The van der Waals surface area contributed by atoms with E-state index in [4.69, 9.17) is 4.42 Å². The van der Waals surface area contributed by atoms with Crippen molar-refractivity contribution >= 4 is 29.9 Å². The van der Waals surface area contributed by atoms with Gasteiger partial charge in [0.2, 0.25) is 0 Å². The van der Waals surface area contributed by atoms with Crippen LogP contribution in [-0.4, -0.2) is 27.3 Å². The van der Waals surface area contributed by atoms with Crippen LogP contribution in [0.25, 0.3) is 0 Å². The van der Waals surface area contributed by atoms with Crippen molar-refractivity contribution in [1.29, 1.82) is 0 Å². The zero-order valence-electron chi connectivity index (χ0n) is 15.6.